The number of ether oxygens (including phenoxy) is 2. The number of hydrogen-bond acceptors (Lipinski definition) is 4. The van der Waals surface area contributed by atoms with Crippen molar-refractivity contribution in [3.8, 4) is 11.5 Å². The average molecular weight is 456 g/mol. The van der Waals surface area contributed by atoms with Crippen LogP contribution in [-0.2, 0) is 11.3 Å². The maximum atomic E-state index is 13.0. The summed E-state index contributed by atoms with van der Waals surface area (Å²) < 4.78 is 13.7. The topological polar surface area (TPSA) is 56.6 Å². The number of nitrogens with zero attached hydrogens (tertiary/aromatic N) is 3. The number of benzene rings is 3. The highest BCUT2D eigenvalue weighted by Gasteiger charge is 2.35. The summed E-state index contributed by atoms with van der Waals surface area (Å²) in [6.07, 6.45) is 0.429. The molecule has 0 N–H and O–H groups in total. The van der Waals surface area contributed by atoms with E-state index in [1.165, 1.54) is 11.1 Å². The van der Waals surface area contributed by atoms with Gasteiger partial charge in [-0.2, -0.15) is 0 Å². The fourth-order valence-corrected chi connectivity index (χ4v) is 4.82. The lowest BCUT2D eigenvalue weighted by atomic mass is 10.1. The van der Waals surface area contributed by atoms with Gasteiger partial charge in [0.2, 0.25) is 5.91 Å². The van der Waals surface area contributed by atoms with Crippen molar-refractivity contribution < 1.29 is 14.3 Å². The highest BCUT2D eigenvalue weighted by Crippen LogP contribution is 2.34. The van der Waals surface area contributed by atoms with Gasteiger partial charge >= 0.3 is 0 Å². The fourth-order valence-electron chi connectivity index (χ4n) is 4.82. The first-order valence-electron chi connectivity index (χ1n) is 11.6. The van der Waals surface area contributed by atoms with Crippen molar-refractivity contribution in [2.45, 2.75) is 32.7 Å². The molecule has 0 radical (unpaired) electrons. The molecule has 1 fully saturated rings. The number of amides is 1. The monoisotopic (exact) mass is 455 g/mol. The standard InChI is InChI=1S/C28H29N3O3/c1-19-13-20(2)15-24(14-19)34-12-11-30-26-10-5-4-9-25(26)29-28(30)21-16-27(32)31(18-21)22-7-6-8-23(17-22)33-3/h4-10,13-15,17,21H,11-12,16,18H2,1-3H3. The van der Waals surface area contributed by atoms with E-state index in [0.717, 1.165) is 34.0 Å². The molecule has 0 spiro atoms. The number of imidazole rings is 1. The van der Waals surface area contributed by atoms with E-state index in [9.17, 15) is 4.79 Å². The Morgan fingerprint density at radius 1 is 0.971 bits per heavy atom. The van der Waals surface area contributed by atoms with Gasteiger partial charge in [-0.15, -0.1) is 0 Å². The van der Waals surface area contributed by atoms with Crippen LogP contribution in [0.3, 0.4) is 0 Å². The van der Waals surface area contributed by atoms with Gasteiger partial charge in [-0.1, -0.05) is 24.3 Å². The smallest absolute Gasteiger partial charge is 0.227 e. The summed E-state index contributed by atoms with van der Waals surface area (Å²) in [5.41, 5.74) is 5.23. The van der Waals surface area contributed by atoms with Crippen LogP contribution >= 0.6 is 0 Å². The van der Waals surface area contributed by atoms with Gasteiger partial charge in [0.25, 0.3) is 0 Å². The third-order valence-corrected chi connectivity index (χ3v) is 6.32. The van der Waals surface area contributed by atoms with E-state index in [1.807, 2.05) is 47.4 Å². The van der Waals surface area contributed by atoms with Gasteiger partial charge in [-0.3, -0.25) is 4.79 Å². The molecule has 1 amide bonds. The first-order valence-corrected chi connectivity index (χ1v) is 11.6. The number of methoxy groups -OCH3 is 1. The lowest BCUT2D eigenvalue weighted by molar-refractivity contribution is -0.117. The molecule has 1 atom stereocenters. The van der Waals surface area contributed by atoms with Crippen LogP contribution in [0.2, 0.25) is 0 Å². The average Bonchev–Trinajstić information content (AvgIpc) is 3.39. The Balaban J connectivity index is 1.40. The molecule has 0 bridgehead atoms. The Labute approximate surface area is 199 Å². The van der Waals surface area contributed by atoms with Crippen LogP contribution in [-0.4, -0.2) is 35.7 Å². The van der Waals surface area contributed by atoms with E-state index >= 15 is 0 Å². The summed E-state index contributed by atoms with van der Waals surface area (Å²) in [7, 11) is 1.64. The molecule has 1 saturated heterocycles. The Morgan fingerprint density at radius 3 is 2.56 bits per heavy atom. The molecule has 6 heteroatoms. The Kier molecular flexibility index (Phi) is 5.97. The second kappa shape index (κ2) is 9.21. The molecule has 34 heavy (non-hydrogen) atoms. The van der Waals surface area contributed by atoms with Crippen LogP contribution in [0, 0.1) is 13.8 Å². The van der Waals surface area contributed by atoms with Gasteiger partial charge in [0.1, 0.15) is 23.9 Å². The van der Waals surface area contributed by atoms with E-state index in [4.69, 9.17) is 14.5 Å². The molecule has 1 aliphatic rings. The number of carbonyl (C=O) groups is 1. The van der Waals surface area contributed by atoms with Crippen LogP contribution in [0.25, 0.3) is 11.0 Å². The van der Waals surface area contributed by atoms with Crippen LogP contribution in [0.4, 0.5) is 5.69 Å². The van der Waals surface area contributed by atoms with Gasteiger partial charge in [0.05, 0.1) is 24.7 Å². The molecule has 0 saturated carbocycles. The van der Waals surface area contributed by atoms with E-state index in [1.54, 1.807) is 7.11 Å². The molecule has 5 rings (SSSR count). The predicted molar refractivity (Wildman–Crippen MR) is 134 cm³/mol. The van der Waals surface area contributed by atoms with Crippen LogP contribution in [0.5, 0.6) is 11.5 Å². The molecular formula is C28H29N3O3. The summed E-state index contributed by atoms with van der Waals surface area (Å²) in [6, 6.07) is 22.0. The van der Waals surface area contributed by atoms with Crippen LogP contribution in [0.15, 0.2) is 66.7 Å². The van der Waals surface area contributed by atoms with Gasteiger partial charge in [0.15, 0.2) is 0 Å². The number of para-hydroxylation sites is 2. The highest BCUT2D eigenvalue weighted by molar-refractivity contribution is 5.96. The second-order valence-corrected chi connectivity index (χ2v) is 8.89. The molecule has 1 unspecified atom stereocenters. The third kappa shape index (κ3) is 4.36. The minimum atomic E-state index is 0.00677. The lowest BCUT2D eigenvalue weighted by Gasteiger charge is -2.18. The Morgan fingerprint density at radius 2 is 1.76 bits per heavy atom. The molecule has 6 nitrogen and oxygen atoms in total. The van der Waals surface area contributed by atoms with Gasteiger partial charge in [0, 0.05) is 30.6 Å². The largest absolute Gasteiger partial charge is 0.497 e. The first kappa shape index (κ1) is 22.0. The summed E-state index contributed by atoms with van der Waals surface area (Å²) in [5.74, 6) is 2.66. The maximum absolute atomic E-state index is 13.0. The van der Waals surface area contributed by atoms with Crippen molar-refractivity contribution in [3.05, 3.63) is 83.7 Å². The first-order chi connectivity index (χ1) is 16.5. The zero-order valence-electron chi connectivity index (χ0n) is 19.8. The number of aromatic nitrogens is 2. The molecule has 1 aliphatic heterocycles. The number of aryl methyl sites for hydroxylation is 2. The van der Waals surface area contributed by atoms with Gasteiger partial charge in [-0.25, -0.2) is 4.98 Å². The van der Waals surface area contributed by atoms with Crippen LogP contribution in [0.1, 0.15) is 29.3 Å². The van der Waals surface area contributed by atoms with Gasteiger partial charge < -0.3 is 18.9 Å². The number of hydrogen-bond donors (Lipinski definition) is 0. The zero-order chi connectivity index (χ0) is 23.7. The van der Waals surface area contributed by atoms with Crippen molar-refractivity contribution >= 4 is 22.6 Å². The van der Waals surface area contributed by atoms with E-state index < -0.39 is 0 Å². The minimum Gasteiger partial charge on any atom is -0.497 e. The van der Waals surface area contributed by atoms with Gasteiger partial charge in [-0.05, 0) is 61.4 Å². The Bertz CT molecular complexity index is 1320. The maximum Gasteiger partial charge on any atom is 0.227 e. The van der Waals surface area contributed by atoms with Crippen molar-refractivity contribution in [1.82, 2.24) is 9.55 Å². The Hall–Kier alpha value is -3.80. The van der Waals surface area contributed by atoms with E-state index in [2.05, 4.69) is 42.7 Å². The summed E-state index contributed by atoms with van der Waals surface area (Å²) in [4.78, 5) is 19.8. The van der Waals surface area contributed by atoms with Crippen molar-refractivity contribution in [2.24, 2.45) is 0 Å². The zero-order valence-corrected chi connectivity index (χ0v) is 19.8. The fraction of sp³-hybridized carbons (Fsp3) is 0.286. The molecule has 1 aromatic heterocycles. The van der Waals surface area contributed by atoms with Crippen molar-refractivity contribution in [3.63, 3.8) is 0 Å². The van der Waals surface area contributed by atoms with Crippen LogP contribution < -0.4 is 14.4 Å². The molecular weight excluding hydrogens is 426 g/mol. The SMILES string of the molecule is COc1cccc(N2CC(c3nc4ccccc4n3CCOc3cc(C)cc(C)c3)CC2=O)c1. The minimum absolute atomic E-state index is 0.00677. The predicted octanol–water partition coefficient (Wildman–Crippen LogP) is 5.26. The summed E-state index contributed by atoms with van der Waals surface area (Å²) in [6.45, 7) is 5.93. The molecule has 174 valence electrons. The quantitative estimate of drug-likeness (QED) is 0.381. The normalized spacial score (nSPS) is 15.8. The van der Waals surface area contributed by atoms with Crippen molar-refractivity contribution in [1.29, 1.82) is 0 Å². The third-order valence-electron chi connectivity index (χ3n) is 6.32. The summed E-state index contributed by atoms with van der Waals surface area (Å²) >= 11 is 0. The number of fused-ring (bicyclic) bond motifs is 1. The lowest BCUT2D eigenvalue weighted by Crippen LogP contribution is -2.24. The molecule has 3 aromatic carbocycles. The van der Waals surface area contributed by atoms with E-state index in [-0.39, 0.29) is 11.8 Å². The molecule has 0 aliphatic carbocycles. The van der Waals surface area contributed by atoms with E-state index in [0.29, 0.717) is 26.1 Å². The number of rotatable bonds is 7. The highest BCUT2D eigenvalue weighted by atomic mass is 16.5. The molecule has 2 heterocycles. The molecule has 4 aromatic rings. The number of carbonyl (C=O) groups excluding carboxylic acids is 1. The van der Waals surface area contributed by atoms with Crippen molar-refractivity contribution in [2.75, 3.05) is 25.2 Å². The summed E-state index contributed by atoms with van der Waals surface area (Å²) in [5, 5.41) is 0. The second-order valence-electron chi connectivity index (χ2n) is 8.89. The number of anilines is 1.